The highest BCUT2D eigenvalue weighted by atomic mass is 32.2. The minimum absolute atomic E-state index is 0.0284. The van der Waals surface area contributed by atoms with E-state index in [1.165, 1.54) is 12.8 Å². The first-order chi connectivity index (χ1) is 10.3. The predicted octanol–water partition coefficient (Wildman–Crippen LogP) is 2.52. The van der Waals surface area contributed by atoms with Gasteiger partial charge in [0.15, 0.2) is 0 Å². The Balaban J connectivity index is 1.80. The second-order valence-electron chi connectivity index (χ2n) is 7.06. The van der Waals surface area contributed by atoms with Crippen molar-refractivity contribution < 1.29 is 8.42 Å². The largest absolute Gasteiger partial charge is 0.296 e. The van der Waals surface area contributed by atoms with E-state index in [0.29, 0.717) is 17.0 Å². The summed E-state index contributed by atoms with van der Waals surface area (Å²) >= 11 is 0. The first-order valence-electron chi connectivity index (χ1n) is 8.14. The highest BCUT2D eigenvalue weighted by molar-refractivity contribution is 7.89. The second kappa shape index (κ2) is 5.62. The highest BCUT2D eigenvalue weighted by Crippen LogP contribution is 2.34. The number of hydrogen-bond donors (Lipinski definition) is 1. The Labute approximate surface area is 134 Å². The molecule has 5 heteroatoms. The van der Waals surface area contributed by atoms with E-state index in [4.69, 9.17) is 0 Å². The molecule has 1 saturated carbocycles. The van der Waals surface area contributed by atoms with Gasteiger partial charge in [0.2, 0.25) is 10.0 Å². The van der Waals surface area contributed by atoms with Crippen molar-refractivity contribution in [2.24, 2.45) is 0 Å². The van der Waals surface area contributed by atoms with Crippen molar-refractivity contribution in [1.82, 2.24) is 9.62 Å². The Morgan fingerprint density at radius 2 is 1.73 bits per heavy atom. The van der Waals surface area contributed by atoms with Crippen LogP contribution in [0.15, 0.2) is 17.0 Å². The molecular weight excluding hydrogens is 296 g/mol. The molecule has 0 bridgehead atoms. The van der Waals surface area contributed by atoms with Gasteiger partial charge in [-0.15, -0.1) is 0 Å². The summed E-state index contributed by atoms with van der Waals surface area (Å²) in [5, 5.41) is 0. The molecule has 0 unspecified atom stereocenters. The van der Waals surface area contributed by atoms with Crippen LogP contribution in [0, 0.1) is 20.8 Å². The van der Waals surface area contributed by atoms with Gasteiger partial charge in [-0.05, 0) is 58.1 Å². The van der Waals surface area contributed by atoms with Gasteiger partial charge in [-0.1, -0.05) is 17.7 Å². The smallest absolute Gasteiger partial charge is 0.241 e. The van der Waals surface area contributed by atoms with Gasteiger partial charge in [0, 0.05) is 24.7 Å². The summed E-state index contributed by atoms with van der Waals surface area (Å²) in [6, 6.07) is 5.07. The third-order valence-electron chi connectivity index (χ3n) is 4.83. The van der Waals surface area contributed by atoms with E-state index in [1.807, 2.05) is 32.9 Å². The number of likely N-dealkylation sites (tertiary alicyclic amines) is 1. The molecule has 22 heavy (non-hydrogen) atoms. The predicted molar refractivity (Wildman–Crippen MR) is 88.6 cm³/mol. The standard InChI is InChI=1S/C17H26N2O2S/c1-11-7-12(2)17(13(3)8-11)22(20,21)18-15-9-14(4)19(10-15)16-5-6-16/h7-8,14-16,18H,5-6,9-10H2,1-4H3/t14-,15+/m0/s1. The van der Waals surface area contributed by atoms with Gasteiger partial charge in [-0.2, -0.15) is 0 Å². The quantitative estimate of drug-likeness (QED) is 0.926. The lowest BCUT2D eigenvalue weighted by Crippen LogP contribution is -2.38. The molecule has 1 aromatic rings. The van der Waals surface area contributed by atoms with Crippen LogP contribution in [0.1, 0.15) is 42.9 Å². The highest BCUT2D eigenvalue weighted by Gasteiger charge is 2.40. The molecule has 0 aromatic heterocycles. The van der Waals surface area contributed by atoms with Crippen molar-refractivity contribution in [3.63, 3.8) is 0 Å². The monoisotopic (exact) mass is 322 g/mol. The Hall–Kier alpha value is -0.910. The third kappa shape index (κ3) is 3.07. The SMILES string of the molecule is Cc1cc(C)c(S(=O)(=O)N[C@@H]2C[C@H](C)N(C3CC3)C2)c(C)c1. The Bertz CT molecular complexity index is 657. The van der Waals surface area contributed by atoms with Crippen LogP contribution >= 0.6 is 0 Å². The van der Waals surface area contributed by atoms with Crippen LogP contribution < -0.4 is 4.72 Å². The molecule has 4 nitrogen and oxygen atoms in total. The summed E-state index contributed by atoms with van der Waals surface area (Å²) in [5.41, 5.74) is 2.76. The Morgan fingerprint density at radius 3 is 2.27 bits per heavy atom. The van der Waals surface area contributed by atoms with Gasteiger partial charge in [-0.3, -0.25) is 4.90 Å². The van der Waals surface area contributed by atoms with Crippen LogP contribution in [0.4, 0.5) is 0 Å². The van der Waals surface area contributed by atoms with Crippen LogP contribution in [-0.2, 0) is 10.0 Å². The fourth-order valence-electron chi connectivity index (χ4n) is 3.93. The Morgan fingerprint density at radius 1 is 1.14 bits per heavy atom. The number of sulfonamides is 1. The van der Waals surface area contributed by atoms with Crippen molar-refractivity contribution in [2.45, 2.75) is 70.0 Å². The second-order valence-corrected chi connectivity index (χ2v) is 8.71. The van der Waals surface area contributed by atoms with Gasteiger partial charge in [0.05, 0.1) is 4.90 Å². The summed E-state index contributed by atoms with van der Waals surface area (Å²) in [4.78, 5) is 2.91. The molecule has 3 rings (SSSR count). The molecule has 1 saturated heterocycles. The molecule has 122 valence electrons. The summed E-state index contributed by atoms with van der Waals surface area (Å²) < 4.78 is 28.6. The number of nitrogens with one attached hydrogen (secondary N) is 1. The fraction of sp³-hybridized carbons (Fsp3) is 0.647. The molecule has 0 radical (unpaired) electrons. The third-order valence-corrected chi connectivity index (χ3v) is 6.66. The zero-order valence-corrected chi connectivity index (χ0v) is 14.7. The maximum absolute atomic E-state index is 12.8. The van der Waals surface area contributed by atoms with Crippen LogP contribution in [-0.4, -0.2) is 38.0 Å². The molecule has 1 aromatic carbocycles. The lowest BCUT2D eigenvalue weighted by Gasteiger charge is -2.20. The Kier molecular flexibility index (Phi) is 4.08. The van der Waals surface area contributed by atoms with Crippen LogP contribution in [0.2, 0.25) is 0 Å². The maximum Gasteiger partial charge on any atom is 0.241 e. The number of hydrogen-bond acceptors (Lipinski definition) is 3. The normalized spacial score (nSPS) is 26.5. The summed E-state index contributed by atoms with van der Waals surface area (Å²) in [6.07, 6.45) is 3.43. The van der Waals surface area contributed by atoms with E-state index in [1.54, 1.807) is 0 Å². The van der Waals surface area contributed by atoms with Gasteiger partial charge in [0.25, 0.3) is 0 Å². The molecule has 1 aliphatic heterocycles. The van der Waals surface area contributed by atoms with Gasteiger partial charge in [0.1, 0.15) is 0 Å². The number of nitrogens with zero attached hydrogens (tertiary/aromatic N) is 1. The zero-order valence-electron chi connectivity index (χ0n) is 13.9. The zero-order chi connectivity index (χ0) is 16.1. The fourth-order valence-corrected chi connectivity index (χ4v) is 5.62. The molecule has 2 aliphatic rings. The minimum atomic E-state index is -3.45. The topological polar surface area (TPSA) is 49.4 Å². The average molecular weight is 322 g/mol. The van der Waals surface area contributed by atoms with Gasteiger partial charge < -0.3 is 0 Å². The van der Waals surface area contributed by atoms with Crippen molar-refractivity contribution in [2.75, 3.05) is 6.54 Å². The van der Waals surface area contributed by atoms with E-state index in [0.717, 1.165) is 29.7 Å². The summed E-state index contributed by atoms with van der Waals surface area (Å²) in [5.74, 6) is 0. The molecule has 0 spiro atoms. The van der Waals surface area contributed by atoms with E-state index >= 15 is 0 Å². The first-order valence-corrected chi connectivity index (χ1v) is 9.62. The van der Waals surface area contributed by atoms with Crippen LogP contribution in [0.25, 0.3) is 0 Å². The number of aryl methyl sites for hydroxylation is 3. The van der Waals surface area contributed by atoms with Crippen molar-refractivity contribution in [3.8, 4) is 0 Å². The molecular formula is C17H26N2O2S. The molecule has 2 fully saturated rings. The molecule has 2 atom stereocenters. The van der Waals surface area contributed by atoms with Crippen molar-refractivity contribution in [3.05, 3.63) is 28.8 Å². The van der Waals surface area contributed by atoms with Crippen LogP contribution in [0.3, 0.4) is 0 Å². The summed E-state index contributed by atoms with van der Waals surface area (Å²) in [7, 11) is -3.45. The van der Waals surface area contributed by atoms with Crippen molar-refractivity contribution >= 4 is 10.0 Å². The van der Waals surface area contributed by atoms with E-state index in [-0.39, 0.29) is 6.04 Å². The maximum atomic E-state index is 12.8. The molecule has 1 heterocycles. The lowest BCUT2D eigenvalue weighted by molar-refractivity contribution is 0.256. The lowest BCUT2D eigenvalue weighted by atomic mass is 10.1. The number of rotatable bonds is 4. The van der Waals surface area contributed by atoms with Crippen molar-refractivity contribution in [1.29, 1.82) is 0 Å². The van der Waals surface area contributed by atoms with E-state index in [2.05, 4.69) is 16.5 Å². The van der Waals surface area contributed by atoms with Gasteiger partial charge >= 0.3 is 0 Å². The molecule has 1 aliphatic carbocycles. The minimum Gasteiger partial charge on any atom is -0.296 e. The average Bonchev–Trinajstić information content (AvgIpc) is 3.12. The van der Waals surface area contributed by atoms with E-state index in [9.17, 15) is 8.42 Å². The van der Waals surface area contributed by atoms with Crippen LogP contribution in [0.5, 0.6) is 0 Å². The first kappa shape index (κ1) is 16.0. The van der Waals surface area contributed by atoms with E-state index < -0.39 is 10.0 Å². The molecule has 1 N–H and O–H groups in total. The number of benzene rings is 1. The van der Waals surface area contributed by atoms with Gasteiger partial charge in [-0.25, -0.2) is 13.1 Å². The molecule has 0 amide bonds. The summed E-state index contributed by atoms with van der Waals surface area (Å²) in [6.45, 7) is 8.80.